The molecule has 9 heteroatoms. The van der Waals surface area contributed by atoms with Gasteiger partial charge in [-0.15, -0.1) is 10.2 Å². The first kappa shape index (κ1) is 21.9. The van der Waals surface area contributed by atoms with Gasteiger partial charge in [-0.25, -0.2) is 13.8 Å². The topological polar surface area (TPSA) is 101 Å². The number of nitrogens with one attached hydrogen (secondary N) is 1. The lowest BCUT2D eigenvalue weighted by molar-refractivity contribution is -0.137. The first-order valence-corrected chi connectivity index (χ1v) is 10.7. The number of carboxylic acid groups (broad SMARTS) is 1. The van der Waals surface area contributed by atoms with Crippen LogP contribution in [0.1, 0.15) is 53.8 Å². The maximum atomic E-state index is 13.6. The average Bonchev–Trinajstić information content (AvgIpc) is 3.19. The van der Waals surface area contributed by atoms with E-state index in [0.717, 1.165) is 61.9 Å². The Morgan fingerprint density at radius 1 is 1.12 bits per heavy atom. The highest BCUT2D eigenvalue weighted by Gasteiger charge is 2.21. The van der Waals surface area contributed by atoms with Crippen molar-refractivity contribution in [2.75, 3.05) is 11.9 Å². The highest BCUT2D eigenvalue weighted by Crippen LogP contribution is 2.26. The molecule has 1 unspecified atom stereocenters. The van der Waals surface area contributed by atoms with Crippen LogP contribution in [0, 0.1) is 11.6 Å². The molecular weight excluding hydrogens is 418 g/mol. The second-order valence-electron chi connectivity index (χ2n) is 7.99. The van der Waals surface area contributed by atoms with Gasteiger partial charge in [0.05, 0.1) is 6.42 Å². The smallest absolute Gasteiger partial charge is 0.303 e. The van der Waals surface area contributed by atoms with E-state index in [2.05, 4.69) is 26.6 Å². The summed E-state index contributed by atoms with van der Waals surface area (Å²) in [6, 6.07) is 7.18. The van der Waals surface area contributed by atoms with Crippen molar-refractivity contribution in [1.82, 2.24) is 15.2 Å². The average molecular weight is 442 g/mol. The zero-order chi connectivity index (χ0) is 22.5. The van der Waals surface area contributed by atoms with E-state index in [1.807, 2.05) is 6.07 Å². The van der Waals surface area contributed by atoms with Gasteiger partial charge in [0.2, 0.25) is 11.8 Å². The normalized spacial score (nSPS) is 13.9. The number of aliphatic carboxylic acids is 1. The summed E-state index contributed by atoms with van der Waals surface area (Å²) in [6.45, 7) is 0.944. The number of hydrogen-bond donors (Lipinski definition) is 2. The molecule has 168 valence electrons. The molecule has 0 fully saturated rings. The van der Waals surface area contributed by atoms with Crippen LogP contribution < -0.4 is 5.32 Å². The molecule has 0 spiro atoms. The third-order valence-corrected chi connectivity index (χ3v) is 5.48. The molecule has 0 radical (unpaired) electrons. The van der Waals surface area contributed by atoms with Crippen LogP contribution in [0.15, 0.2) is 34.7 Å². The molecule has 7 nitrogen and oxygen atoms in total. The first-order valence-electron chi connectivity index (χ1n) is 10.7. The van der Waals surface area contributed by atoms with Gasteiger partial charge < -0.3 is 14.8 Å². The van der Waals surface area contributed by atoms with Crippen molar-refractivity contribution in [3.05, 3.63) is 70.6 Å². The van der Waals surface area contributed by atoms with Crippen LogP contribution in [0.5, 0.6) is 0 Å². The standard InChI is InChI=1S/C23H24F2N4O3/c24-17-9-15(10-18(25)13-17)16(12-22(30)31)11-21-29-28-20(32-21)5-1-4-19-7-6-14-3-2-8-26-23(14)27-19/h6-7,9-10,13,16H,1-5,8,11-12H2,(H,26,27)(H,30,31). The number of aryl methyl sites for hydroxylation is 3. The second kappa shape index (κ2) is 9.84. The van der Waals surface area contributed by atoms with Gasteiger partial charge in [0.15, 0.2) is 0 Å². The number of anilines is 1. The van der Waals surface area contributed by atoms with Crippen molar-refractivity contribution in [3.63, 3.8) is 0 Å². The van der Waals surface area contributed by atoms with Crippen LogP contribution in [0.4, 0.5) is 14.6 Å². The van der Waals surface area contributed by atoms with Gasteiger partial charge in [0, 0.05) is 37.1 Å². The molecule has 4 rings (SSSR count). The van der Waals surface area contributed by atoms with Gasteiger partial charge in [0.25, 0.3) is 0 Å². The predicted octanol–water partition coefficient (Wildman–Crippen LogP) is 4.08. The van der Waals surface area contributed by atoms with E-state index >= 15 is 0 Å². The molecule has 1 atom stereocenters. The monoisotopic (exact) mass is 442 g/mol. The van der Waals surface area contributed by atoms with E-state index in [1.54, 1.807) is 0 Å². The molecule has 32 heavy (non-hydrogen) atoms. The summed E-state index contributed by atoms with van der Waals surface area (Å²) < 4.78 is 32.9. The van der Waals surface area contributed by atoms with Crippen LogP contribution in [0.2, 0.25) is 0 Å². The Bertz CT molecular complexity index is 1080. The number of carboxylic acids is 1. The summed E-state index contributed by atoms with van der Waals surface area (Å²) in [5, 5.41) is 20.6. The highest BCUT2D eigenvalue weighted by atomic mass is 19.1. The maximum Gasteiger partial charge on any atom is 0.303 e. The Morgan fingerprint density at radius 2 is 1.91 bits per heavy atom. The molecule has 0 amide bonds. The summed E-state index contributed by atoms with van der Waals surface area (Å²) in [6.07, 6.45) is 4.02. The summed E-state index contributed by atoms with van der Waals surface area (Å²) in [4.78, 5) is 15.9. The SMILES string of the molecule is O=C(O)CC(Cc1nnc(CCCc2ccc3c(n2)NCCC3)o1)c1cc(F)cc(F)c1. The summed E-state index contributed by atoms with van der Waals surface area (Å²) in [7, 11) is 0. The Balaban J connectivity index is 1.36. The van der Waals surface area contributed by atoms with Crippen LogP contribution in [-0.2, 0) is 30.5 Å². The third kappa shape index (κ3) is 5.66. The molecule has 0 bridgehead atoms. The molecule has 1 aromatic carbocycles. The number of nitrogens with zero attached hydrogens (tertiary/aromatic N) is 3. The zero-order valence-electron chi connectivity index (χ0n) is 17.5. The Labute approximate surface area is 183 Å². The van der Waals surface area contributed by atoms with E-state index in [4.69, 9.17) is 4.42 Å². The van der Waals surface area contributed by atoms with Gasteiger partial charge >= 0.3 is 5.97 Å². The number of carbonyl (C=O) groups is 1. The molecule has 2 N–H and O–H groups in total. The van der Waals surface area contributed by atoms with Gasteiger partial charge in [-0.1, -0.05) is 6.07 Å². The predicted molar refractivity (Wildman–Crippen MR) is 112 cm³/mol. The molecule has 0 aliphatic carbocycles. The van der Waals surface area contributed by atoms with Crippen molar-refractivity contribution in [1.29, 1.82) is 0 Å². The Morgan fingerprint density at radius 3 is 2.69 bits per heavy atom. The Hall–Kier alpha value is -3.36. The first-order chi connectivity index (χ1) is 15.5. The molecule has 0 saturated carbocycles. The minimum atomic E-state index is -1.08. The van der Waals surface area contributed by atoms with Gasteiger partial charge in [0.1, 0.15) is 17.5 Å². The number of benzene rings is 1. The number of rotatable bonds is 9. The lowest BCUT2D eigenvalue weighted by Gasteiger charge is -2.17. The lowest BCUT2D eigenvalue weighted by Crippen LogP contribution is -2.14. The second-order valence-corrected chi connectivity index (χ2v) is 7.99. The van der Waals surface area contributed by atoms with E-state index in [0.29, 0.717) is 12.3 Å². The number of fused-ring (bicyclic) bond motifs is 1. The van der Waals surface area contributed by atoms with Crippen LogP contribution in [0.25, 0.3) is 0 Å². The summed E-state index contributed by atoms with van der Waals surface area (Å²) in [5.41, 5.74) is 2.49. The van der Waals surface area contributed by atoms with Crippen molar-refractivity contribution in [2.45, 2.75) is 50.9 Å². The minimum Gasteiger partial charge on any atom is -0.481 e. The molecule has 1 aliphatic rings. The lowest BCUT2D eigenvalue weighted by atomic mass is 9.92. The Kier molecular flexibility index (Phi) is 6.72. The van der Waals surface area contributed by atoms with Crippen LogP contribution in [-0.4, -0.2) is 32.8 Å². The third-order valence-electron chi connectivity index (χ3n) is 5.48. The number of aromatic nitrogens is 3. The van der Waals surface area contributed by atoms with Crippen LogP contribution >= 0.6 is 0 Å². The maximum absolute atomic E-state index is 13.6. The van der Waals surface area contributed by atoms with Crippen LogP contribution in [0.3, 0.4) is 0 Å². The highest BCUT2D eigenvalue weighted by molar-refractivity contribution is 5.68. The number of halogens is 2. The summed E-state index contributed by atoms with van der Waals surface area (Å²) >= 11 is 0. The minimum absolute atomic E-state index is 0.0836. The quantitative estimate of drug-likeness (QED) is 0.515. The van der Waals surface area contributed by atoms with E-state index in [9.17, 15) is 18.7 Å². The molecule has 1 aliphatic heterocycles. The fraction of sp³-hybridized carbons (Fsp3) is 0.391. The van der Waals surface area contributed by atoms with Gasteiger partial charge in [-0.3, -0.25) is 4.79 Å². The summed E-state index contributed by atoms with van der Waals surface area (Å²) in [5.74, 6) is -1.63. The van der Waals surface area contributed by atoms with Crippen molar-refractivity contribution < 1.29 is 23.1 Å². The zero-order valence-corrected chi connectivity index (χ0v) is 17.5. The number of pyridine rings is 1. The van der Waals surface area contributed by atoms with E-state index in [1.165, 1.54) is 5.56 Å². The van der Waals surface area contributed by atoms with Gasteiger partial charge in [-0.2, -0.15) is 0 Å². The van der Waals surface area contributed by atoms with Crippen molar-refractivity contribution in [2.24, 2.45) is 0 Å². The van der Waals surface area contributed by atoms with E-state index in [-0.39, 0.29) is 24.3 Å². The fourth-order valence-electron chi connectivity index (χ4n) is 3.94. The van der Waals surface area contributed by atoms with Gasteiger partial charge in [-0.05, 0) is 55.0 Å². The molecule has 2 aromatic heterocycles. The van der Waals surface area contributed by atoms with Crippen molar-refractivity contribution in [3.8, 4) is 0 Å². The largest absolute Gasteiger partial charge is 0.481 e. The number of hydrogen-bond acceptors (Lipinski definition) is 6. The van der Waals surface area contributed by atoms with E-state index < -0.39 is 23.5 Å². The fourth-order valence-corrected chi connectivity index (χ4v) is 3.94. The molecule has 3 heterocycles. The van der Waals surface area contributed by atoms with Crippen molar-refractivity contribution >= 4 is 11.8 Å². The molecule has 3 aromatic rings. The molecular formula is C23H24F2N4O3. The molecule has 0 saturated heterocycles.